The minimum atomic E-state index is 0.535. The van der Waals surface area contributed by atoms with Crippen LogP contribution in [-0.4, -0.2) is 66.1 Å². The van der Waals surface area contributed by atoms with Gasteiger partial charge in [-0.1, -0.05) is 12.8 Å². The van der Waals surface area contributed by atoms with Gasteiger partial charge in [0.25, 0.3) is 0 Å². The number of nitrogens with one attached hydrogen (secondary N) is 1. The summed E-state index contributed by atoms with van der Waals surface area (Å²) in [7, 11) is 0. The summed E-state index contributed by atoms with van der Waals surface area (Å²) in [5, 5.41) is 3.33. The molecule has 0 aromatic carbocycles. The van der Waals surface area contributed by atoms with E-state index in [9.17, 15) is 0 Å². The Morgan fingerprint density at radius 2 is 1.87 bits per heavy atom. The van der Waals surface area contributed by atoms with E-state index in [1.54, 1.807) is 12.4 Å². The van der Waals surface area contributed by atoms with Gasteiger partial charge in [-0.25, -0.2) is 9.97 Å². The topological polar surface area (TPSA) is 82.7 Å². The number of hydrogen-bond acceptors (Lipinski definition) is 5. The van der Waals surface area contributed by atoms with E-state index in [1.165, 1.54) is 25.7 Å². The smallest absolute Gasteiger partial charge is 0.225 e. The zero-order valence-electron chi connectivity index (χ0n) is 13.7. The van der Waals surface area contributed by atoms with Crippen LogP contribution in [0.15, 0.2) is 23.5 Å². The zero-order chi connectivity index (χ0) is 15.9. The lowest BCUT2D eigenvalue weighted by atomic mass is 10.2. The average Bonchev–Trinajstić information content (AvgIpc) is 3.09. The lowest BCUT2D eigenvalue weighted by molar-refractivity contribution is 0.264. The zero-order valence-corrected chi connectivity index (χ0v) is 13.7. The van der Waals surface area contributed by atoms with Gasteiger partial charge in [0.1, 0.15) is 0 Å². The van der Waals surface area contributed by atoms with Crippen LogP contribution in [0.3, 0.4) is 0 Å². The predicted octanol–water partition coefficient (Wildman–Crippen LogP) is 0.446. The number of aliphatic imine (C=N–C) groups is 1. The summed E-state index contributed by atoms with van der Waals surface area (Å²) in [4.78, 5) is 17.7. The highest BCUT2D eigenvalue weighted by Crippen LogP contribution is 2.17. The molecule has 1 aliphatic carbocycles. The molecule has 0 bridgehead atoms. The molecule has 1 aromatic rings. The molecular formula is C16H27N7. The van der Waals surface area contributed by atoms with Crippen molar-refractivity contribution in [1.29, 1.82) is 0 Å². The summed E-state index contributed by atoms with van der Waals surface area (Å²) >= 11 is 0. The van der Waals surface area contributed by atoms with Crippen molar-refractivity contribution in [1.82, 2.24) is 20.2 Å². The van der Waals surface area contributed by atoms with Crippen molar-refractivity contribution in [2.24, 2.45) is 10.7 Å². The second-order valence-electron chi connectivity index (χ2n) is 6.27. The number of hydrogen-bond donors (Lipinski definition) is 2. The van der Waals surface area contributed by atoms with E-state index < -0.39 is 0 Å². The van der Waals surface area contributed by atoms with E-state index in [2.05, 4.69) is 30.1 Å². The monoisotopic (exact) mass is 317 g/mol. The lowest BCUT2D eigenvalue weighted by Crippen LogP contribution is -2.47. The minimum Gasteiger partial charge on any atom is -0.370 e. The highest BCUT2D eigenvalue weighted by molar-refractivity contribution is 5.78. The average molecular weight is 317 g/mol. The Labute approximate surface area is 138 Å². The number of piperazine rings is 1. The SMILES string of the molecule is NC(=NCCN1CCN(c2ncccn2)CC1)NC1CCCC1. The van der Waals surface area contributed by atoms with E-state index >= 15 is 0 Å². The number of anilines is 1. The third-order valence-electron chi connectivity index (χ3n) is 4.61. The van der Waals surface area contributed by atoms with Crippen molar-refractivity contribution in [3.05, 3.63) is 18.5 Å². The molecule has 2 heterocycles. The molecule has 0 radical (unpaired) electrons. The molecule has 1 saturated carbocycles. The molecule has 2 aliphatic rings. The molecule has 0 spiro atoms. The summed E-state index contributed by atoms with van der Waals surface area (Å²) < 4.78 is 0. The van der Waals surface area contributed by atoms with Gasteiger partial charge < -0.3 is 16.0 Å². The maximum Gasteiger partial charge on any atom is 0.225 e. The summed E-state index contributed by atoms with van der Waals surface area (Å²) in [6, 6.07) is 2.38. The van der Waals surface area contributed by atoms with Crippen LogP contribution in [0.1, 0.15) is 25.7 Å². The van der Waals surface area contributed by atoms with Gasteiger partial charge in [0.05, 0.1) is 6.54 Å². The van der Waals surface area contributed by atoms with Crippen LogP contribution >= 0.6 is 0 Å². The third-order valence-corrected chi connectivity index (χ3v) is 4.61. The molecule has 2 fully saturated rings. The van der Waals surface area contributed by atoms with Crippen LogP contribution in [0, 0.1) is 0 Å². The van der Waals surface area contributed by atoms with Crippen molar-refractivity contribution in [3.8, 4) is 0 Å². The third kappa shape index (κ3) is 4.79. The highest BCUT2D eigenvalue weighted by atomic mass is 15.3. The molecule has 7 heteroatoms. The van der Waals surface area contributed by atoms with Gasteiger partial charge in [-0.2, -0.15) is 0 Å². The first-order valence-electron chi connectivity index (χ1n) is 8.62. The Hall–Kier alpha value is -1.89. The molecular weight excluding hydrogens is 290 g/mol. The van der Waals surface area contributed by atoms with Gasteiger partial charge in [0.15, 0.2) is 5.96 Å². The maximum absolute atomic E-state index is 5.96. The van der Waals surface area contributed by atoms with Gasteiger partial charge in [0, 0.05) is 51.2 Å². The molecule has 0 amide bonds. The standard InChI is InChI=1S/C16H27N7/c17-15(21-14-4-1-2-5-14)18-8-9-22-10-12-23(13-11-22)16-19-6-3-7-20-16/h3,6-7,14H,1-2,4-5,8-13H2,(H3,17,18,21). The molecule has 0 unspecified atom stereocenters. The molecule has 1 aromatic heterocycles. The highest BCUT2D eigenvalue weighted by Gasteiger charge is 2.18. The van der Waals surface area contributed by atoms with Crippen molar-refractivity contribution in [3.63, 3.8) is 0 Å². The van der Waals surface area contributed by atoms with Gasteiger partial charge in [-0.05, 0) is 18.9 Å². The number of nitrogens with two attached hydrogens (primary N) is 1. The van der Waals surface area contributed by atoms with Crippen molar-refractivity contribution in [2.75, 3.05) is 44.2 Å². The summed E-state index contributed by atoms with van der Waals surface area (Å²) in [6.45, 7) is 5.67. The number of rotatable bonds is 5. The number of aromatic nitrogens is 2. The van der Waals surface area contributed by atoms with Gasteiger partial charge in [0.2, 0.25) is 5.95 Å². The van der Waals surface area contributed by atoms with Crippen molar-refractivity contribution >= 4 is 11.9 Å². The largest absolute Gasteiger partial charge is 0.370 e. The fourth-order valence-corrected chi connectivity index (χ4v) is 3.26. The lowest BCUT2D eigenvalue weighted by Gasteiger charge is -2.34. The second-order valence-corrected chi connectivity index (χ2v) is 6.27. The maximum atomic E-state index is 5.96. The van der Waals surface area contributed by atoms with E-state index in [-0.39, 0.29) is 0 Å². The Kier molecular flexibility index (Phi) is 5.63. The van der Waals surface area contributed by atoms with Crippen LogP contribution < -0.4 is 16.0 Å². The van der Waals surface area contributed by atoms with E-state index in [1.807, 2.05) is 6.07 Å². The normalized spacial score (nSPS) is 20.9. The van der Waals surface area contributed by atoms with Gasteiger partial charge in [-0.15, -0.1) is 0 Å². The first-order chi connectivity index (χ1) is 11.3. The van der Waals surface area contributed by atoms with E-state index in [4.69, 9.17) is 5.73 Å². The van der Waals surface area contributed by atoms with Gasteiger partial charge >= 0.3 is 0 Å². The Balaban J connectivity index is 1.36. The summed E-state index contributed by atoms with van der Waals surface area (Å²) in [6.07, 6.45) is 8.65. The molecule has 7 nitrogen and oxygen atoms in total. The summed E-state index contributed by atoms with van der Waals surface area (Å²) in [5.74, 6) is 1.43. The number of guanidine groups is 1. The molecule has 3 rings (SSSR count). The Morgan fingerprint density at radius 3 is 2.57 bits per heavy atom. The summed E-state index contributed by atoms with van der Waals surface area (Å²) in [5.41, 5.74) is 5.96. The van der Waals surface area contributed by atoms with Crippen molar-refractivity contribution < 1.29 is 0 Å². The minimum absolute atomic E-state index is 0.535. The fraction of sp³-hybridized carbons (Fsp3) is 0.688. The van der Waals surface area contributed by atoms with Crippen LogP contribution in [-0.2, 0) is 0 Å². The predicted molar refractivity (Wildman–Crippen MR) is 92.6 cm³/mol. The van der Waals surface area contributed by atoms with Crippen LogP contribution in [0.2, 0.25) is 0 Å². The molecule has 1 saturated heterocycles. The molecule has 23 heavy (non-hydrogen) atoms. The Bertz CT molecular complexity index is 490. The first-order valence-corrected chi connectivity index (χ1v) is 8.62. The Morgan fingerprint density at radius 1 is 1.17 bits per heavy atom. The fourth-order valence-electron chi connectivity index (χ4n) is 3.26. The van der Waals surface area contributed by atoms with Crippen LogP contribution in [0.4, 0.5) is 5.95 Å². The van der Waals surface area contributed by atoms with Crippen LogP contribution in [0.25, 0.3) is 0 Å². The first kappa shape index (κ1) is 16.0. The molecule has 126 valence electrons. The molecule has 0 atom stereocenters. The van der Waals surface area contributed by atoms with Crippen LogP contribution in [0.5, 0.6) is 0 Å². The van der Waals surface area contributed by atoms with E-state index in [0.717, 1.165) is 45.2 Å². The molecule has 1 aliphatic heterocycles. The van der Waals surface area contributed by atoms with E-state index in [0.29, 0.717) is 12.0 Å². The number of nitrogens with zero attached hydrogens (tertiary/aromatic N) is 5. The molecule has 3 N–H and O–H groups in total. The quantitative estimate of drug-likeness (QED) is 0.606. The van der Waals surface area contributed by atoms with Crippen molar-refractivity contribution in [2.45, 2.75) is 31.7 Å². The second kappa shape index (κ2) is 8.10. The van der Waals surface area contributed by atoms with Gasteiger partial charge in [-0.3, -0.25) is 9.89 Å².